The number of nitrogens with zero attached hydrogens (tertiary/aromatic N) is 1. The molecule has 7 nitrogen and oxygen atoms in total. The number of hydrogen-bond donors (Lipinski definition) is 4. The van der Waals surface area contributed by atoms with Crippen molar-refractivity contribution in [1.82, 2.24) is 21.5 Å². The molecular formula is C22H27ClFN5O2. The van der Waals surface area contributed by atoms with Gasteiger partial charge in [-0.15, -0.1) is 0 Å². The second kappa shape index (κ2) is 11.2. The first kappa shape index (κ1) is 23.1. The van der Waals surface area contributed by atoms with Crippen molar-refractivity contribution in [3.05, 3.63) is 70.5 Å². The molecule has 0 aromatic heterocycles. The van der Waals surface area contributed by atoms with Crippen molar-refractivity contribution in [1.29, 1.82) is 0 Å². The normalized spacial score (nSPS) is 19.8. The second-order valence-corrected chi connectivity index (χ2v) is 7.74. The molecule has 0 spiro atoms. The fourth-order valence-corrected chi connectivity index (χ4v) is 3.29. The number of benzene rings is 2. The zero-order chi connectivity index (χ0) is 22.2. The third kappa shape index (κ3) is 7.00. The molecule has 0 saturated carbocycles. The van der Waals surface area contributed by atoms with Crippen molar-refractivity contribution in [2.24, 2.45) is 4.99 Å². The highest BCUT2D eigenvalue weighted by Gasteiger charge is 2.26. The first-order chi connectivity index (χ1) is 14.9. The predicted molar refractivity (Wildman–Crippen MR) is 119 cm³/mol. The van der Waals surface area contributed by atoms with Gasteiger partial charge in [0.25, 0.3) is 5.91 Å². The van der Waals surface area contributed by atoms with E-state index in [1.54, 1.807) is 0 Å². The molecule has 2 aromatic rings. The summed E-state index contributed by atoms with van der Waals surface area (Å²) in [4.78, 5) is 16.8. The van der Waals surface area contributed by atoms with E-state index in [9.17, 15) is 9.18 Å². The summed E-state index contributed by atoms with van der Waals surface area (Å²) >= 11 is 5.97. The lowest BCUT2D eigenvalue weighted by Gasteiger charge is -2.21. The van der Waals surface area contributed by atoms with Crippen molar-refractivity contribution in [3.63, 3.8) is 0 Å². The van der Waals surface area contributed by atoms with Crippen LogP contribution in [-0.2, 0) is 4.74 Å². The van der Waals surface area contributed by atoms with Crippen LogP contribution in [0.5, 0.6) is 0 Å². The maximum absolute atomic E-state index is 13.2. The molecule has 1 saturated heterocycles. The monoisotopic (exact) mass is 447 g/mol. The summed E-state index contributed by atoms with van der Waals surface area (Å²) in [6.07, 6.45) is 0.541. The van der Waals surface area contributed by atoms with Crippen molar-refractivity contribution in [2.45, 2.75) is 38.5 Å². The molecule has 166 valence electrons. The summed E-state index contributed by atoms with van der Waals surface area (Å²) in [6, 6.07) is 12.9. The van der Waals surface area contributed by atoms with Crippen LogP contribution >= 0.6 is 11.6 Å². The van der Waals surface area contributed by atoms with E-state index in [4.69, 9.17) is 16.3 Å². The number of ether oxygens (including phenoxy) is 1. The molecule has 2 unspecified atom stereocenters. The summed E-state index contributed by atoms with van der Waals surface area (Å²) in [5, 5.41) is 7.11. The molecule has 4 N–H and O–H groups in total. The number of hydrogen-bond acceptors (Lipinski definition) is 4. The Bertz CT molecular complexity index is 892. The number of rotatable bonds is 7. The number of guanidine groups is 1. The lowest BCUT2D eigenvalue weighted by Crippen LogP contribution is -2.52. The number of amides is 1. The third-order valence-corrected chi connectivity index (χ3v) is 5.00. The van der Waals surface area contributed by atoms with Gasteiger partial charge in [-0.2, -0.15) is 4.99 Å². The molecule has 31 heavy (non-hydrogen) atoms. The smallest absolute Gasteiger partial charge is 0.280 e. The summed E-state index contributed by atoms with van der Waals surface area (Å²) in [7, 11) is 0. The molecule has 1 aliphatic rings. The molecule has 1 fully saturated rings. The van der Waals surface area contributed by atoms with Gasteiger partial charge in [0.05, 0.1) is 12.8 Å². The van der Waals surface area contributed by atoms with Gasteiger partial charge < -0.3 is 15.4 Å². The lowest BCUT2D eigenvalue weighted by atomic mass is 10.0. The van der Waals surface area contributed by atoms with E-state index in [2.05, 4.69) is 26.5 Å². The van der Waals surface area contributed by atoms with Crippen LogP contribution in [0.1, 0.15) is 42.2 Å². The number of halogens is 2. The van der Waals surface area contributed by atoms with E-state index in [1.807, 2.05) is 38.1 Å². The van der Waals surface area contributed by atoms with E-state index >= 15 is 0 Å². The van der Waals surface area contributed by atoms with E-state index in [1.165, 1.54) is 24.3 Å². The van der Waals surface area contributed by atoms with Crippen LogP contribution in [0, 0.1) is 5.82 Å². The average Bonchev–Trinajstić information content (AvgIpc) is 3.21. The Hall–Kier alpha value is -2.52. The summed E-state index contributed by atoms with van der Waals surface area (Å²) in [5.74, 6) is -0.562. The van der Waals surface area contributed by atoms with Crippen LogP contribution in [-0.4, -0.2) is 37.3 Å². The largest absolute Gasteiger partial charge is 0.380 e. The van der Waals surface area contributed by atoms with Crippen LogP contribution in [0.15, 0.2) is 53.5 Å². The molecule has 2 aromatic carbocycles. The van der Waals surface area contributed by atoms with Crippen LogP contribution in [0.4, 0.5) is 4.39 Å². The maximum atomic E-state index is 13.2. The lowest BCUT2D eigenvalue weighted by molar-refractivity contribution is 0.100. The first-order valence-corrected chi connectivity index (χ1v) is 10.6. The van der Waals surface area contributed by atoms with Gasteiger partial charge >= 0.3 is 0 Å². The van der Waals surface area contributed by atoms with Crippen molar-refractivity contribution in [2.75, 3.05) is 13.2 Å². The predicted octanol–water partition coefficient (Wildman–Crippen LogP) is 3.14. The van der Waals surface area contributed by atoms with Crippen molar-refractivity contribution < 1.29 is 13.9 Å². The number of carbonyl (C=O) groups excluding carboxylic acids is 1. The molecule has 1 aliphatic heterocycles. The molecule has 3 rings (SSSR count). The quantitative estimate of drug-likeness (QED) is 0.385. The Morgan fingerprint density at radius 2 is 1.94 bits per heavy atom. The molecule has 1 heterocycles. The first-order valence-electron chi connectivity index (χ1n) is 10.2. The van der Waals surface area contributed by atoms with E-state index < -0.39 is 11.7 Å². The fourth-order valence-electron chi connectivity index (χ4n) is 3.16. The van der Waals surface area contributed by atoms with Crippen LogP contribution in [0.2, 0.25) is 5.02 Å². The van der Waals surface area contributed by atoms with Gasteiger partial charge in [-0.3, -0.25) is 4.79 Å². The van der Waals surface area contributed by atoms with Crippen molar-refractivity contribution >= 4 is 23.5 Å². The summed E-state index contributed by atoms with van der Waals surface area (Å²) in [6.45, 7) is 4.91. The summed E-state index contributed by atoms with van der Waals surface area (Å²) in [5.41, 5.74) is 7.82. The van der Waals surface area contributed by atoms with Gasteiger partial charge in [-0.1, -0.05) is 23.7 Å². The topological polar surface area (TPSA) is 86.8 Å². The van der Waals surface area contributed by atoms with E-state index in [-0.39, 0.29) is 18.2 Å². The second-order valence-electron chi connectivity index (χ2n) is 7.30. The standard InChI is InChI=1S/C22H27ClFN5O2/c1-3-31-13-14(2)25-22(27-21(30)16-6-10-18(24)11-7-16)26-20-12-19(28-29-20)15-4-8-17(23)9-5-15/h4-11,14,19-20,28-29H,3,12-13H2,1-2H3,(H2,25,26,27,30)/t14-,19?,20?/m0/s1. The van der Waals surface area contributed by atoms with Gasteiger partial charge in [-0.05, 0) is 55.8 Å². The molecule has 0 aliphatic carbocycles. The Balaban J connectivity index is 1.69. The van der Waals surface area contributed by atoms with Gasteiger partial charge in [0.15, 0.2) is 0 Å². The minimum atomic E-state index is -0.473. The van der Waals surface area contributed by atoms with Crippen LogP contribution in [0.25, 0.3) is 0 Å². The van der Waals surface area contributed by atoms with Gasteiger partial charge in [-0.25, -0.2) is 15.2 Å². The number of nitrogens with one attached hydrogen (secondary N) is 4. The number of carbonyl (C=O) groups is 1. The highest BCUT2D eigenvalue weighted by atomic mass is 35.5. The van der Waals surface area contributed by atoms with Gasteiger partial charge in [0, 0.05) is 35.7 Å². The zero-order valence-electron chi connectivity index (χ0n) is 17.5. The van der Waals surface area contributed by atoms with Gasteiger partial charge in [0.2, 0.25) is 5.96 Å². The number of hydrazine groups is 1. The Morgan fingerprint density at radius 3 is 2.61 bits per heavy atom. The number of aliphatic imine (C=N–C) groups is 1. The third-order valence-electron chi connectivity index (χ3n) is 4.75. The van der Waals surface area contributed by atoms with Gasteiger partial charge in [0.1, 0.15) is 5.82 Å². The SMILES string of the molecule is CCOC[C@H](C)N/C(=N/C(=O)c1ccc(F)cc1)NC1CC(c2ccc(Cl)cc2)NN1. The maximum Gasteiger partial charge on any atom is 0.280 e. The van der Waals surface area contributed by atoms with Crippen molar-refractivity contribution in [3.8, 4) is 0 Å². The summed E-state index contributed by atoms with van der Waals surface area (Å²) < 4.78 is 18.6. The zero-order valence-corrected chi connectivity index (χ0v) is 18.2. The molecular weight excluding hydrogens is 421 g/mol. The Kier molecular flexibility index (Phi) is 8.36. The van der Waals surface area contributed by atoms with E-state index in [0.29, 0.717) is 36.2 Å². The van der Waals surface area contributed by atoms with Crippen LogP contribution in [0.3, 0.4) is 0 Å². The molecule has 1 amide bonds. The fraction of sp³-hybridized carbons (Fsp3) is 0.364. The molecule has 0 bridgehead atoms. The minimum absolute atomic E-state index is 0.0738. The van der Waals surface area contributed by atoms with E-state index in [0.717, 1.165) is 5.56 Å². The highest BCUT2D eigenvalue weighted by molar-refractivity contribution is 6.30. The average molecular weight is 448 g/mol. The Labute approximate surface area is 186 Å². The Morgan fingerprint density at radius 1 is 1.23 bits per heavy atom. The molecule has 3 atom stereocenters. The van der Waals surface area contributed by atoms with Crippen LogP contribution < -0.4 is 21.5 Å². The highest BCUT2D eigenvalue weighted by Crippen LogP contribution is 2.22. The minimum Gasteiger partial charge on any atom is -0.380 e. The molecule has 0 radical (unpaired) electrons. The molecule has 9 heteroatoms.